The van der Waals surface area contributed by atoms with E-state index in [9.17, 15) is 18.0 Å². The van der Waals surface area contributed by atoms with E-state index in [2.05, 4.69) is 22.0 Å². The van der Waals surface area contributed by atoms with Gasteiger partial charge in [-0.15, -0.1) is 0 Å². The highest BCUT2D eigenvalue weighted by Crippen LogP contribution is 2.38. The number of ether oxygens (including phenoxy) is 1. The number of carboxylic acid groups (broad SMARTS) is 1. The van der Waals surface area contributed by atoms with Gasteiger partial charge in [0.2, 0.25) is 5.88 Å². The topological polar surface area (TPSA) is 101 Å². The van der Waals surface area contributed by atoms with Gasteiger partial charge in [-0.3, -0.25) is 14.4 Å². The van der Waals surface area contributed by atoms with E-state index in [1.165, 1.54) is 0 Å². The zero-order chi connectivity index (χ0) is 24.2. The number of rotatable bonds is 4. The highest BCUT2D eigenvalue weighted by molar-refractivity contribution is 5.93. The van der Waals surface area contributed by atoms with Crippen LogP contribution in [0.2, 0.25) is 0 Å². The minimum absolute atomic E-state index is 0.0245. The summed E-state index contributed by atoms with van der Waals surface area (Å²) >= 11 is 0. The first-order valence-corrected chi connectivity index (χ1v) is 10.3. The van der Waals surface area contributed by atoms with Gasteiger partial charge in [-0.05, 0) is 44.5 Å². The number of carboxylic acids is 1. The summed E-state index contributed by atoms with van der Waals surface area (Å²) in [6.07, 6.45) is 0.626. The van der Waals surface area contributed by atoms with Crippen molar-refractivity contribution in [2.45, 2.75) is 24.6 Å². The fourth-order valence-corrected chi connectivity index (χ4v) is 4.06. The van der Waals surface area contributed by atoms with Crippen molar-refractivity contribution in [1.82, 2.24) is 24.6 Å². The molecule has 0 radical (unpaired) electrons. The molecule has 9 nitrogen and oxygen atoms in total. The van der Waals surface area contributed by atoms with E-state index in [0.29, 0.717) is 24.1 Å². The van der Waals surface area contributed by atoms with Crippen molar-refractivity contribution in [2.75, 3.05) is 33.3 Å². The number of alkyl halides is 3. The number of piperidine rings is 1. The van der Waals surface area contributed by atoms with Crippen molar-refractivity contribution in [3.63, 3.8) is 0 Å². The molecular formula is C21H26F3N5O4. The minimum Gasteiger partial charge on any atom is -0.477 e. The van der Waals surface area contributed by atoms with E-state index < -0.39 is 12.1 Å². The fourth-order valence-electron chi connectivity index (χ4n) is 4.06. The van der Waals surface area contributed by atoms with Crippen LogP contribution >= 0.6 is 0 Å². The van der Waals surface area contributed by atoms with E-state index in [1.807, 2.05) is 30.1 Å². The minimum atomic E-state index is -5.08. The molecule has 2 aromatic rings. The van der Waals surface area contributed by atoms with Crippen LogP contribution in [0.25, 0.3) is 0 Å². The monoisotopic (exact) mass is 469 g/mol. The van der Waals surface area contributed by atoms with Crippen LogP contribution in [0.15, 0.2) is 36.7 Å². The zero-order valence-electron chi connectivity index (χ0n) is 18.3. The molecule has 2 saturated heterocycles. The number of aliphatic carboxylic acids is 1. The molecule has 0 saturated carbocycles. The lowest BCUT2D eigenvalue weighted by Gasteiger charge is -2.58. The average Bonchev–Trinajstić information content (AvgIpc) is 3.18. The maximum Gasteiger partial charge on any atom is 0.490 e. The Bertz CT molecular complexity index is 960. The number of pyridine rings is 1. The van der Waals surface area contributed by atoms with Crippen LogP contribution in [0.3, 0.4) is 0 Å². The molecule has 1 amide bonds. The second kappa shape index (κ2) is 9.77. The van der Waals surface area contributed by atoms with Gasteiger partial charge in [0.15, 0.2) is 0 Å². The van der Waals surface area contributed by atoms with Crippen molar-refractivity contribution >= 4 is 11.9 Å². The molecule has 2 aliphatic rings. The number of hydrogen-bond donors (Lipinski definition) is 1. The first-order chi connectivity index (χ1) is 15.5. The lowest BCUT2D eigenvalue weighted by atomic mass is 9.75. The average molecular weight is 469 g/mol. The number of aryl methyl sites for hydroxylation is 1. The molecule has 2 aliphatic heterocycles. The van der Waals surface area contributed by atoms with Crippen LogP contribution in [0.4, 0.5) is 13.2 Å². The van der Waals surface area contributed by atoms with Crippen molar-refractivity contribution in [3.05, 3.63) is 42.4 Å². The second-order valence-electron chi connectivity index (χ2n) is 8.32. The van der Waals surface area contributed by atoms with E-state index in [4.69, 9.17) is 14.6 Å². The normalized spacial score (nSPS) is 19.9. The summed E-state index contributed by atoms with van der Waals surface area (Å²) in [6, 6.07) is 7.49. The molecule has 4 heterocycles. The highest BCUT2D eigenvalue weighted by atomic mass is 19.4. The van der Waals surface area contributed by atoms with Gasteiger partial charge < -0.3 is 14.7 Å². The third-order valence-corrected chi connectivity index (χ3v) is 5.89. The number of aromatic nitrogens is 3. The van der Waals surface area contributed by atoms with E-state index in [-0.39, 0.29) is 11.4 Å². The summed E-state index contributed by atoms with van der Waals surface area (Å²) in [5, 5.41) is 11.4. The Morgan fingerprint density at radius 3 is 2.48 bits per heavy atom. The number of likely N-dealkylation sites (N-methyl/N-ethyl adjacent to an activating group) is 1. The second-order valence-corrected chi connectivity index (χ2v) is 8.32. The summed E-state index contributed by atoms with van der Waals surface area (Å²) in [4.78, 5) is 30.0. The molecule has 1 atom stereocenters. The molecule has 12 heteroatoms. The Labute approximate surface area is 188 Å². The quantitative estimate of drug-likeness (QED) is 0.732. The third kappa shape index (κ3) is 6.01. The van der Waals surface area contributed by atoms with Gasteiger partial charge in [-0.25, -0.2) is 9.78 Å². The fraction of sp³-hybridized carbons (Fsp3) is 0.524. The lowest BCUT2D eigenvalue weighted by molar-refractivity contribution is -0.192. The van der Waals surface area contributed by atoms with Gasteiger partial charge in [0.1, 0.15) is 5.69 Å². The van der Waals surface area contributed by atoms with Gasteiger partial charge in [0.25, 0.3) is 5.91 Å². The Balaban J connectivity index is 0.000000383. The molecule has 2 aromatic heterocycles. The van der Waals surface area contributed by atoms with Crippen LogP contribution in [0.5, 0.6) is 5.88 Å². The SMILES string of the molecule is CN1CCC(COc2ccccn2)CC12CN(C(=O)c1ccn(C)n1)C2.O=C(O)C(F)(F)F. The molecule has 0 aliphatic carbocycles. The van der Waals surface area contributed by atoms with Crippen molar-refractivity contribution in [3.8, 4) is 5.88 Å². The van der Waals surface area contributed by atoms with E-state index in [0.717, 1.165) is 32.5 Å². The number of likely N-dealkylation sites (tertiary alicyclic amines) is 2. The first kappa shape index (κ1) is 24.5. The third-order valence-electron chi connectivity index (χ3n) is 5.89. The molecule has 0 aromatic carbocycles. The van der Waals surface area contributed by atoms with Gasteiger partial charge in [-0.2, -0.15) is 18.3 Å². The number of hydrogen-bond acceptors (Lipinski definition) is 6. The summed E-state index contributed by atoms with van der Waals surface area (Å²) in [5.74, 6) is -1.56. The van der Waals surface area contributed by atoms with Gasteiger partial charge in [-0.1, -0.05) is 6.07 Å². The predicted octanol–water partition coefficient (Wildman–Crippen LogP) is 2.06. The summed E-state index contributed by atoms with van der Waals surface area (Å²) in [6.45, 7) is 3.24. The smallest absolute Gasteiger partial charge is 0.477 e. The molecule has 1 N–H and O–H groups in total. The lowest BCUT2D eigenvalue weighted by Crippen LogP contribution is -2.72. The molecule has 4 rings (SSSR count). The molecule has 2 fully saturated rings. The largest absolute Gasteiger partial charge is 0.490 e. The first-order valence-electron chi connectivity index (χ1n) is 10.3. The highest BCUT2D eigenvalue weighted by Gasteiger charge is 2.51. The van der Waals surface area contributed by atoms with Crippen LogP contribution in [0.1, 0.15) is 23.3 Å². The summed E-state index contributed by atoms with van der Waals surface area (Å²) in [5.41, 5.74) is 0.594. The number of carbonyl (C=O) groups is 2. The van der Waals surface area contributed by atoms with Gasteiger partial charge in [0.05, 0.1) is 12.1 Å². The molecule has 33 heavy (non-hydrogen) atoms. The van der Waals surface area contributed by atoms with Crippen LogP contribution in [-0.2, 0) is 11.8 Å². The number of halogens is 3. The molecule has 1 spiro atoms. The van der Waals surface area contributed by atoms with Crippen molar-refractivity contribution in [2.24, 2.45) is 13.0 Å². The Morgan fingerprint density at radius 1 is 1.24 bits per heavy atom. The number of amides is 1. The van der Waals surface area contributed by atoms with Crippen LogP contribution in [0, 0.1) is 5.92 Å². The van der Waals surface area contributed by atoms with Gasteiger partial charge >= 0.3 is 12.1 Å². The predicted molar refractivity (Wildman–Crippen MR) is 111 cm³/mol. The van der Waals surface area contributed by atoms with Crippen molar-refractivity contribution < 1.29 is 32.6 Å². The van der Waals surface area contributed by atoms with Crippen molar-refractivity contribution in [1.29, 1.82) is 0 Å². The zero-order valence-corrected chi connectivity index (χ0v) is 18.3. The standard InChI is InChI=1S/C19H25N5O2.C2HF3O2/c1-22-9-6-15(12-26-17-5-3-4-8-20-17)11-19(22)13-24(14-19)18(25)16-7-10-23(2)21-16;3-2(4,5)1(6)7/h3-5,7-8,10,15H,6,9,11-14H2,1-2H3;(H,6,7). The Kier molecular flexibility index (Phi) is 7.25. The number of carbonyl (C=O) groups excluding carboxylic acids is 1. The van der Waals surface area contributed by atoms with Crippen LogP contribution in [-0.4, -0.2) is 86.6 Å². The molecule has 180 valence electrons. The maximum absolute atomic E-state index is 12.6. The molecule has 1 unspecified atom stereocenters. The van der Waals surface area contributed by atoms with Crippen LogP contribution < -0.4 is 4.74 Å². The Hall–Kier alpha value is -3.15. The van der Waals surface area contributed by atoms with E-state index in [1.54, 1.807) is 23.1 Å². The molecule has 0 bridgehead atoms. The summed E-state index contributed by atoms with van der Waals surface area (Å²) in [7, 11) is 3.99. The summed E-state index contributed by atoms with van der Waals surface area (Å²) < 4.78 is 39.3. The van der Waals surface area contributed by atoms with Gasteiger partial charge in [0, 0.05) is 38.6 Å². The molecular weight excluding hydrogens is 443 g/mol. The Morgan fingerprint density at radius 2 is 1.94 bits per heavy atom. The number of nitrogens with zero attached hydrogens (tertiary/aromatic N) is 5. The maximum atomic E-state index is 12.6. The van der Waals surface area contributed by atoms with E-state index >= 15 is 0 Å².